The lowest BCUT2D eigenvalue weighted by molar-refractivity contribution is -0.141. The van der Waals surface area contributed by atoms with E-state index in [1.165, 1.54) is 10.6 Å². The molecule has 0 radical (unpaired) electrons. The van der Waals surface area contributed by atoms with Gasteiger partial charge in [-0.3, -0.25) is 13.9 Å². The first kappa shape index (κ1) is 30.2. The van der Waals surface area contributed by atoms with Crippen molar-refractivity contribution in [1.82, 2.24) is 10.2 Å². The minimum Gasteiger partial charge on any atom is -0.497 e. The smallest absolute Gasteiger partial charge is 0.242 e. The molecule has 204 valence electrons. The molecule has 2 aromatic carbocycles. The van der Waals surface area contributed by atoms with Gasteiger partial charge in [-0.2, -0.15) is 0 Å². The first-order chi connectivity index (χ1) is 17.5. The number of benzene rings is 2. The lowest BCUT2D eigenvalue weighted by Gasteiger charge is -2.31. The van der Waals surface area contributed by atoms with Crippen molar-refractivity contribution < 1.29 is 22.7 Å². The maximum Gasteiger partial charge on any atom is 0.242 e. The molecule has 0 fully saturated rings. The quantitative estimate of drug-likeness (QED) is 0.394. The van der Waals surface area contributed by atoms with E-state index in [1.807, 2.05) is 64.1 Å². The first-order valence-electron chi connectivity index (χ1n) is 12.8. The summed E-state index contributed by atoms with van der Waals surface area (Å²) in [5, 5.41) is 2.91. The lowest BCUT2D eigenvalue weighted by atomic mass is 10.1. The van der Waals surface area contributed by atoms with E-state index in [-0.39, 0.29) is 31.3 Å². The Kier molecular flexibility index (Phi) is 11.4. The second-order valence-corrected chi connectivity index (χ2v) is 11.2. The molecule has 37 heavy (non-hydrogen) atoms. The fourth-order valence-corrected chi connectivity index (χ4v) is 5.26. The minimum atomic E-state index is -3.55. The summed E-state index contributed by atoms with van der Waals surface area (Å²) < 4.78 is 31.9. The Labute approximate surface area is 222 Å². The number of sulfonamides is 1. The van der Waals surface area contributed by atoms with Crippen molar-refractivity contribution in [3.63, 3.8) is 0 Å². The molecule has 0 aliphatic rings. The highest BCUT2D eigenvalue weighted by Crippen LogP contribution is 2.26. The Hall–Kier alpha value is -3.07. The molecule has 9 heteroatoms. The molecule has 0 bridgehead atoms. The third-order valence-electron chi connectivity index (χ3n) is 6.42. The average molecular weight is 532 g/mol. The molecule has 1 atom stereocenters. The van der Waals surface area contributed by atoms with Crippen molar-refractivity contribution in [2.45, 2.75) is 66.0 Å². The van der Waals surface area contributed by atoms with Gasteiger partial charge in [0.2, 0.25) is 21.8 Å². The zero-order valence-corrected chi connectivity index (χ0v) is 23.7. The largest absolute Gasteiger partial charge is 0.497 e. The highest BCUT2D eigenvalue weighted by molar-refractivity contribution is 7.92. The molecule has 0 aliphatic heterocycles. The van der Waals surface area contributed by atoms with Gasteiger partial charge >= 0.3 is 0 Å². The van der Waals surface area contributed by atoms with Crippen LogP contribution in [0.15, 0.2) is 42.5 Å². The van der Waals surface area contributed by atoms with Crippen molar-refractivity contribution in [1.29, 1.82) is 0 Å². The number of amides is 2. The van der Waals surface area contributed by atoms with Gasteiger partial charge in [0.15, 0.2) is 0 Å². The third-order valence-corrected chi connectivity index (χ3v) is 7.60. The van der Waals surface area contributed by atoms with Crippen LogP contribution in [-0.2, 0) is 26.2 Å². The second kappa shape index (κ2) is 14.0. The highest BCUT2D eigenvalue weighted by Gasteiger charge is 2.29. The van der Waals surface area contributed by atoms with E-state index in [2.05, 4.69) is 5.32 Å². The molecule has 0 heterocycles. The topological polar surface area (TPSA) is 96.0 Å². The fourth-order valence-electron chi connectivity index (χ4n) is 4.24. The normalized spacial score (nSPS) is 12.1. The Morgan fingerprint density at radius 2 is 1.78 bits per heavy atom. The number of ether oxygens (including phenoxy) is 1. The lowest BCUT2D eigenvalue weighted by Crippen LogP contribution is -2.49. The molecular weight excluding hydrogens is 490 g/mol. The number of rotatable bonds is 14. The number of nitrogens with zero attached hydrogens (tertiary/aromatic N) is 2. The molecule has 0 aromatic heterocycles. The summed E-state index contributed by atoms with van der Waals surface area (Å²) >= 11 is 0. The molecule has 0 saturated heterocycles. The molecule has 2 amide bonds. The van der Waals surface area contributed by atoms with Crippen molar-refractivity contribution in [2.24, 2.45) is 0 Å². The van der Waals surface area contributed by atoms with Gasteiger partial charge in [0, 0.05) is 26.1 Å². The Bertz CT molecular complexity index is 1170. The summed E-state index contributed by atoms with van der Waals surface area (Å²) in [6.45, 7) is 8.65. The van der Waals surface area contributed by atoms with Crippen LogP contribution in [0.25, 0.3) is 0 Å². The van der Waals surface area contributed by atoms with E-state index in [4.69, 9.17) is 4.74 Å². The number of carbonyl (C=O) groups excluding carboxylic acids is 2. The maximum absolute atomic E-state index is 13.5. The number of anilines is 1. The average Bonchev–Trinajstić information content (AvgIpc) is 2.86. The van der Waals surface area contributed by atoms with Crippen LogP contribution >= 0.6 is 0 Å². The Morgan fingerprint density at radius 1 is 1.08 bits per heavy atom. The van der Waals surface area contributed by atoms with Gasteiger partial charge in [-0.05, 0) is 68.0 Å². The first-order valence-corrected chi connectivity index (χ1v) is 14.6. The van der Waals surface area contributed by atoms with Crippen LogP contribution in [0.3, 0.4) is 0 Å². The standard InChI is InChI=1S/C28H41N3O5S/c1-7-17-29-28(33)25(8-2)30(20-23-13-10-14-24(19-23)36-5)27(32)16-11-18-31(37(6,34)35)26-15-9-12-21(3)22(26)4/h9-10,12-15,19,25H,7-8,11,16-18,20H2,1-6H3,(H,29,33)/t25-/m1/s1. The van der Waals surface area contributed by atoms with Crippen LogP contribution in [0.4, 0.5) is 5.69 Å². The van der Waals surface area contributed by atoms with E-state index < -0.39 is 16.1 Å². The number of aryl methyl sites for hydroxylation is 1. The summed E-state index contributed by atoms with van der Waals surface area (Å²) in [5.74, 6) is 0.287. The van der Waals surface area contributed by atoms with Crippen molar-refractivity contribution in [3.05, 3.63) is 59.2 Å². The van der Waals surface area contributed by atoms with Crippen LogP contribution in [0, 0.1) is 13.8 Å². The van der Waals surface area contributed by atoms with Gasteiger partial charge in [0.25, 0.3) is 0 Å². The third kappa shape index (κ3) is 8.49. The summed E-state index contributed by atoms with van der Waals surface area (Å²) in [4.78, 5) is 28.1. The van der Waals surface area contributed by atoms with Crippen LogP contribution < -0.4 is 14.4 Å². The van der Waals surface area contributed by atoms with Crippen LogP contribution in [0.2, 0.25) is 0 Å². The molecule has 1 N–H and O–H groups in total. The fraction of sp³-hybridized carbons (Fsp3) is 0.500. The molecule has 8 nitrogen and oxygen atoms in total. The summed E-state index contributed by atoms with van der Waals surface area (Å²) in [7, 11) is -1.96. The van der Waals surface area contributed by atoms with Gasteiger partial charge in [-0.1, -0.05) is 38.1 Å². The van der Waals surface area contributed by atoms with E-state index in [1.54, 1.807) is 18.1 Å². The SMILES string of the molecule is CCCNC(=O)[C@@H](CC)N(Cc1cccc(OC)c1)C(=O)CCCN(c1cccc(C)c1C)S(C)(=O)=O. The molecule has 0 unspecified atom stereocenters. The van der Waals surface area contributed by atoms with Crippen LogP contribution in [-0.4, -0.2) is 57.6 Å². The number of carbonyl (C=O) groups is 2. The minimum absolute atomic E-state index is 0.110. The summed E-state index contributed by atoms with van der Waals surface area (Å²) in [6.07, 6.45) is 2.87. The highest BCUT2D eigenvalue weighted by atomic mass is 32.2. The molecule has 2 rings (SSSR count). The number of methoxy groups -OCH3 is 1. The molecular formula is C28H41N3O5S. The maximum atomic E-state index is 13.5. The number of nitrogens with one attached hydrogen (secondary N) is 1. The van der Waals surface area contributed by atoms with E-state index in [0.29, 0.717) is 30.8 Å². The Balaban J connectivity index is 2.26. The van der Waals surface area contributed by atoms with Gasteiger partial charge < -0.3 is 15.0 Å². The Morgan fingerprint density at radius 3 is 2.41 bits per heavy atom. The predicted octanol–water partition coefficient (Wildman–Crippen LogP) is 4.19. The zero-order chi connectivity index (χ0) is 27.6. The van der Waals surface area contributed by atoms with Gasteiger partial charge in [0.1, 0.15) is 11.8 Å². The van der Waals surface area contributed by atoms with E-state index in [9.17, 15) is 18.0 Å². The molecule has 0 saturated carbocycles. The predicted molar refractivity (Wildman–Crippen MR) is 148 cm³/mol. The monoisotopic (exact) mass is 531 g/mol. The van der Waals surface area contributed by atoms with Gasteiger partial charge in [0.05, 0.1) is 19.1 Å². The van der Waals surface area contributed by atoms with Gasteiger partial charge in [-0.25, -0.2) is 8.42 Å². The van der Waals surface area contributed by atoms with E-state index >= 15 is 0 Å². The number of hydrogen-bond acceptors (Lipinski definition) is 5. The van der Waals surface area contributed by atoms with Crippen molar-refractivity contribution in [3.8, 4) is 5.75 Å². The molecule has 0 aliphatic carbocycles. The van der Waals surface area contributed by atoms with Crippen LogP contribution in [0.5, 0.6) is 5.75 Å². The molecule has 2 aromatic rings. The van der Waals surface area contributed by atoms with Crippen molar-refractivity contribution >= 4 is 27.5 Å². The summed E-state index contributed by atoms with van der Waals surface area (Å²) in [6, 6.07) is 12.3. The van der Waals surface area contributed by atoms with Crippen LogP contribution in [0.1, 0.15) is 56.2 Å². The second-order valence-electron chi connectivity index (χ2n) is 9.25. The van der Waals surface area contributed by atoms with Crippen molar-refractivity contribution in [2.75, 3.05) is 30.8 Å². The van der Waals surface area contributed by atoms with Gasteiger partial charge in [-0.15, -0.1) is 0 Å². The summed E-state index contributed by atoms with van der Waals surface area (Å²) in [5.41, 5.74) is 3.35. The molecule has 0 spiro atoms. The number of hydrogen-bond donors (Lipinski definition) is 1. The van der Waals surface area contributed by atoms with E-state index in [0.717, 1.165) is 23.1 Å². The zero-order valence-electron chi connectivity index (χ0n) is 22.9.